The Labute approximate surface area is 149 Å². The number of methoxy groups -OCH3 is 1. The number of ketones is 1. The van der Waals surface area contributed by atoms with Crippen molar-refractivity contribution in [3.63, 3.8) is 0 Å². The molecule has 1 atom stereocenters. The summed E-state index contributed by atoms with van der Waals surface area (Å²) in [5.41, 5.74) is 3.44. The number of halogens is 1. The van der Waals surface area contributed by atoms with Crippen LogP contribution in [0.25, 0.3) is 0 Å². The molecule has 0 bridgehead atoms. The average Bonchev–Trinajstić information content (AvgIpc) is 2.65. The van der Waals surface area contributed by atoms with Gasteiger partial charge in [0.25, 0.3) is 0 Å². The number of carbonyl (C=O) groups excluding carboxylic acids is 1. The molecule has 0 aromatic heterocycles. The first-order valence-corrected chi connectivity index (χ1v) is 8.75. The average molecular weight is 388 g/mol. The Kier molecular flexibility index (Phi) is 5.33. The van der Waals surface area contributed by atoms with Crippen molar-refractivity contribution in [2.45, 2.75) is 12.7 Å². The van der Waals surface area contributed by atoms with Crippen molar-refractivity contribution in [3.8, 4) is 5.75 Å². The number of Topliss-reactive ketones (excluding diaryl/α,β-unsaturated/α-hetero) is 1. The first-order chi connectivity index (χ1) is 11.7. The molecule has 0 saturated carbocycles. The molecule has 124 valence electrons. The first-order valence-electron chi connectivity index (χ1n) is 7.62. The van der Waals surface area contributed by atoms with Crippen molar-refractivity contribution in [2.75, 3.05) is 17.8 Å². The molecule has 0 radical (unpaired) electrons. The zero-order valence-corrected chi connectivity index (χ0v) is 14.9. The maximum absolute atomic E-state index is 12.1. The second-order valence-electron chi connectivity index (χ2n) is 5.43. The Morgan fingerprint density at radius 1 is 1.21 bits per heavy atom. The summed E-state index contributed by atoms with van der Waals surface area (Å²) in [6.07, 6.45) is 1.55. The van der Waals surface area contributed by atoms with Crippen molar-refractivity contribution in [1.82, 2.24) is 0 Å². The SMILES string of the molecule is COc1ccc2c(c1)NC(C(=O)CBr)=C[C@H]2OCc1ccccc1. The van der Waals surface area contributed by atoms with E-state index in [1.54, 1.807) is 7.11 Å². The number of hydrogen-bond acceptors (Lipinski definition) is 4. The van der Waals surface area contributed by atoms with E-state index < -0.39 is 0 Å². The lowest BCUT2D eigenvalue weighted by Crippen LogP contribution is -2.20. The minimum atomic E-state index is -0.287. The standard InChI is InChI=1S/C19H18BrNO3/c1-23-14-7-8-15-16(9-14)21-17(18(22)11-20)10-19(15)24-12-13-5-3-2-4-6-13/h2-10,19,21H,11-12H2,1H3/t19-/m1/s1. The van der Waals surface area contributed by atoms with Gasteiger partial charge in [0.2, 0.25) is 0 Å². The lowest BCUT2D eigenvalue weighted by Gasteiger charge is -2.26. The lowest BCUT2D eigenvalue weighted by molar-refractivity contribution is -0.113. The Morgan fingerprint density at radius 3 is 2.71 bits per heavy atom. The van der Waals surface area contributed by atoms with Crippen molar-refractivity contribution >= 4 is 27.4 Å². The van der Waals surface area contributed by atoms with Crippen LogP contribution in [0.15, 0.2) is 60.3 Å². The maximum atomic E-state index is 12.1. The van der Waals surface area contributed by atoms with Gasteiger partial charge in [-0.25, -0.2) is 0 Å². The van der Waals surface area contributed by atoms with Gasteiger partial charge >= 0.3 is 0 Å². The summed E-state index contributed by atoms with van der Waals surface area (Å²) in [4.78, 5) is 12.1. The van der Waals surface area contributed by atoms with Crippen LogP contribution in [0, 0.1) is 0 Å². The molecule has 0 spiro atoms. The first kappa shape index (κ1) is 16.7. The Bertz CT molecular complexity index is 758. The van der Waals surface area contributed by atoms with Gasteiger partial charge in [0.05, 0.1) is 24.7 Å². The Morgan fingerprint density at radius 2 is 2.00 bits per heavy atom. The highest BCUT2D eigenvalue weighted by Gasteiger charge is 2.24. The van der Waals surface area contributed by atoms with E-state index in [9.17, 15) is 4.79 Å². The molecule has 0 saturated heterocycles. The summed E-state index contributed by atoms with van der Waals surface area (Å²) in [5.74, 6) is 0.715. The van der Waals surface area contributed by atoms with Crippen molar-refractivity contribution in [3.05, 3.63) is 71.4 Å². The van der Waals surface area contributed by atoms with Crippen LogP contribution < -0.4 is 10.1 Å². The summed E-state index contributed by atoms with van der Waals surface area (Å²) >= 11 is 3.22. The number of nitrogens with one attached hydrogen (secondary N) is 1. The molecule has 24 heavy (non-hydrogen) atoms. The van der Waals surface area contributed by atoms with Crippen LogP contribution in [0.2, 0.25) is 0 Å². The number of carbonyl (C=O) groups is 1. The summed E-state index contributed by atoms with van der Waals surface area (Å²) in [6, 6.07) is 15.7. The molecule has 2 aromatic rings. The van der Waals surface area contributed by atoms with Gasteiger partial charge in [-0.2, -0.15) is 0 Å². The minimum absolute atomic E-state index is 0.0169. The number of hydrogen-bond donors (Lipinski definition) is 1. The van der Waals surface area contributed by atoms with Crippen molar-refractivity contribution in [2.24, 2.45) is 0 Å². The normalized spacial score (nSPS) is 15.9. The summed E-state index contributed by atoms with van der Waals surface area (Å²) in [6.45, 7) is 0.475. The molecule has 2 aromatic carbocycles. The second kappa shape index (κ2) is 7.64. The fourth-order valence-electron chi connectivity index (χ4n) is 2.58. The molecule has 0 aliphatic carbocycles. The van der Waals surface area contributed by atoms with E-state index in [1.807, 2.05) is 54.6 Å². The molecule has 1 heterocycles. The van der Waals surface area contributed by atoms with Gasteiger partial charge in [-0.3, -0.25) is 4.79 Å². The molecule has 0 amide bonds. The third kappa shape index (κ3) is 3.68. The number of fused-ring (bicyclic) bond motifs is 1. The number of rotatable bonds is 6. The van der Waals surface area contributed by atoms with Gasteiger partial charge in [-0.15, -0.1) is 0 Å². The van der Waals surface area contributed by atoms with Gasteiger partial charge in [0.1, 0.15) is 11.9 Å². The van der Waals surface area contributed by atoms with E-state index in [0.717, 1.165) is 22.6 Å². The van der Waals surface area contributed by atoms with Crippen LogP contribution >= 0.6 is 15.9 Å². The molecular weight excluding hydrogens is 370 g/mol. The maximum Gasteiger partial charge on any atom is 0.189 e. The van der Waals surface area contributed by atoms with Gasteiger partial charge in [-0.1, -0.05) is 52.3 Å². The highest BCUT2D eigenvalue weighted by atomic mass is 79.9. The molecule has 1 aliphatic rings. The molecular formula is C19H18BrNO3. The Hall–Kier alpha value is -2.11. The van der Waals surface area contributed by atoms with E-state index in [0.29, 0.717) is 12.3 Å². The highest BCUT2D eigenvalue weighted by Crippen LogP contribution is 2.36. The molecule has 0 fully saturated rings. The topological polar surface area (TPSA) is 47.6 Å². The zero-order chi connectivity index (χ0) is 16.9. The largest absolute Gasteiger partial charge is 0.497 e. The number of benzene rings is 2. The van der Waals surface area contributed by atoms with E-state index >= 15 is 0 Å². The fraction of sp³-hybridized carbons (Fsp3) is 0.211. The number of anilines is 1. The zero-order valence-electron chi connectivity index (χ0n) is 13.3. The van der Waals surface area contributed by atoms with Gasteiger partial charge in [0, 0.05) is 17.3 Å². The Balaban J connectivity index is 1.87. The minimum Gasteiger partial charge on any atom is -0.497 e. The molecule has 1 aliphatic heterocycles. The monoisotopic (exact) mass is 387 g/mol. The second-order valence-corrected chi connectivity index (χ2v) is 5.99. The highest BCUT2D eigenvalue weighted by molar-refractivity contribution is 9.09. The van der Waals surface area contributed by atoms with Crippen LogP contribution in [0.3, 0.4) is 0 Å². The van der Waals surface area contributed by atoms with E-state index in [-0.39, 0.29) is 17.2 Å². The quantitative estimate of drug-likeness (QED) is 0.753. The third-order valence-electron chi connectivity index (χ3n) is 3.85. The number of allylic oxidation sites excluding steroid dienone is 1. The van der Waals surface area contributed by atoms with Crippen LogP contribution in [0.4, 0.5) is 5.69 Å². The predicted octanol–water partition coefficient (Wildman–Crippen LogP) is 4.23. The third-order valence-corrected chi connectivity index (χ3v) is 4.36. The smallest absolute Gasteiger partial charge is 0.189 e. The molecule has 4 nitrogen and oxygen atoms in total. The van der Waals surface area contributed by atoms with Gasteiger partial charge in [-0.05, 0) is 17.7 Å². The van der Waals surface area contributed by atoms with E-state index in [1.165, 1.54) is 0 Å². The van der Waals surface area contributed by atoms with Gasteiger partial charge < -0.3 is 14.8 Å². The number of alkyl halides is 1. The predicted molar refractivity (Wildman–Crippen MR) is 97.5 cm³/mol. The molecule has 5 heteroatoms. The van der Waals surface area contributed by atoms with Gasteiger partial charge in [0.15, 0.2) is 5.78 Å². The summed E-state index contributed by atoms with van der Waals surface area (Å²) < 4.78 is 11.3. The fourth-order valence-corrected chi connectivity index (χ4v) is 2.88. The lowest BCUT2D eigenvalue weighted by atomic mass is 10.0. The van der Waals surface area contributed by atoms with Crippen molar-refractivity contribution in [1.29, 1.82) is 0 Å². The van der Waals surface area contributed by atoms with Crippen LogP contribution in [-0.2, 0) is 16.1 Å². The van der Waals surface area contributed by atoms with Crippen LogP contribution in [0.1, 0.15) is 17.2 Å². The van der Waals surface area contributed by atoms with Crippen LogP contribution in [-0.4, -0.2) is 18.2 Å². The summed E-state index contributed by atoms with van der Waals surface area (Å²) in [5, 5.41) is 3.43. The molecule has 3 rings (SSSR count). The molecule has 1 N–H and O–H groups in total. The van der Waals surface area contributed by atoms with E-state index in [4.69, 9.17) is 9.47 Å². The van der Waals surface area contributed by atoms with E-state index in [2.05, 4.69) is 21.2 Å². The summed E-state index contributed by atoms with van der Waals surface area (Å²) in [7, 11) is 1.62. The van der Waals surface area contributed by atoms with Crippen LogP contribution in [0.5, 0.6) is 5.75 Å². The number of ether oxygens (including phenoxy) is 2. The van der Waals surface area contributed by atoms with Crippen molar-refractivity contribution < 1.29 is 14.3 Å². The molecule has 0 unspecified atom stereocenters.